The molecule has 0 aliphatic heterocycles. The molecule has 0 bridgehead atoms. The smallest absolute Gasteiger partial charge is 0.339 e. The first-order valence-corrected chi connectivity index (χ1v) is 8.56. The monoisotopic (exact) mass is 379 g/mol. The standard InChI is InChI=1S/C18H19Cl2N3O2/c1-3-12(2)25-17-9-8-13(10-15(17)20)11-21-23-18(24)22-16-7-5-4-6-14(16)19/h4-12H,3H2,1-2H3,(H2,22,23,24)/b21-11+/t12-/m1/s1. The van der Waals surface area contributed by atoms with Gasteiger partial charge in [0.2, 0.25) is 0 Å². The lowest BCUT2D eigenvalue weighted by molar-refractivity contribution is 0.217. The van der Waals surface area contributed by atoms with Crippen molar-refractivity contribution in [3.8, 4) is 5.75 Å². The molecule has 1 atom stereocenters. The van der Waals surface area contributed by atoms with Gasteiger partial charge in [0.15, 0.2) is 0 Å². The van der Waals surface area contributed by atoms with Gasteiger partial charge in [0.25, 0.3) is 0 Å². The molecule has 0 saturated heterocycles. The van der Waals surface area contributed by atoms with Gasteiger partial charge in [-0.2, -0.15) is 5.10 Å². The van der Waals surface area contributed by atoms with Crippen LogP contribution in [0.25, 0.3) is 0 Å². The largest absolute Gasteiger partial charge is 0.489 e. The second-order valence-corrected chi connectivity index (χ2v) is 6.14. The average molecular weight is 380 g/mol. The molecule has 5 nitrogen and oxygen atoms in total. The van der Waals surface area contributed by atoms with Gasteiger partial charge < -0.3 is 10.1 Å². The van der Waals surface area contributed by atoms with Crippen LogP contribution in [0.1, 0.15) is 25.8 Å². The van der Waals surface area contributed by atoms with Gasteiger partial charge >= 0.3 is 6.03 Å². The zero-order valence-electron chi connectivity index (χ0n) is 13.9. The summed E-state index contributed by atoms with van der Waals surface area (Å²) in [5.41, 5.74) is 3.61. The number of amides is 2. The van der Waals surface area contributed by atoms with E-state index >= 15 is 0 Å². The lowest BCUT2D eigenvalue weighted by atomic mass is 10.2. The number of hydrogen-bond donors (Lipinski definition) is 2. The second kappa shape index (κ2) is 9.30. The molecule has 2 amide bonds. The van der Waals surface area contributed by atoms with E-state index in [-0.39, 0.29) is 6.10 Å². The summed E-state index contributed by atoms with van der Waals surface area (Å²) in [6, 6.07) is 11.7. The molecule has 0 saturated carbocycles. The van der Waals surface area contributed by atoms with E-state index in [1.165, 1.54) is 6.21 Å². The number of ether oxygens (including phenoxy) is 1. The Morgan fingerprint density at radius 2 is 2.00 bits per heavy atom. The highest BCUT2D eigenvalue weighted by Crippen LogP contribution is 2.26. The van der Waals surface area contributed by atoms with Crippen LogP contribution in [-0.2, 0) is 0 Å². The Bertz CT molecular complexity index is 766. The van der Waals surface area contributed by atoms with Crippen LogP contribution in [0.3, 0.4) is 0 Å². The fourth-order valence-corrected chi connectivity index (χ4v) is 2.29. The number of urea groups is 1. The Kier molecular flexibility index (Phi) is 7.10. The van der Waals surface area contributed by atoms with Crippen LogP contribution in [0.4, 0.5) is 10.5 Å². The third kappa shape index (κ3) is 5.96. The van der Waals surface area contributed by atoms with Crippen molar-refractivity contribution >= 4 is 41.1 Å². The summed E-state index contributed by atoms with van der Waals surface area (Å²) in [5.74, 6) is 0.623. The van der Waals surface area contributed by atoms with E-state index in [0.717, 1.165) is 12.0 Å². The fourth-order valence-electron chi connectivity index (χ4n) is 1.87. The third-order valence-corrected chi connectivity index (χ3v) is 3.99. The number of para-hydroxylation sites is 1. The van der Waals surface area contributed by atoms with Gasteiger partial charge in [-0.1, -0.05) is 42.3 Å². The number of rotatable bonds is 6. The lowest BCUT2D eigenvalue weighted by Gasteiger charge is -2.13. The van der Waals surface area contributed by atoms with Crippen LogP contribution < -0.4 is 15.5 Å². The van der Waals surface area contributed by atoms with Crippen LogP contribution >= 0.6 is 23.2 Å². The van der Waals surface area contributed by atoms with Crippen molar-refractivity contribution in [3.63, 3.8) is 0 Å². The number of nitrogens with one attached hydrogen (secondary N) is 2. The lowest BCUT2D eigenvalue weighted by Crippen LogP contribution is -2.24. The van der Waals surface area contributed by atoms with Crippen LogP contribution in [0.2, 0.25) is 10.0 Å². The fraction of sp³-hybridized carbons (Fsp3) is 0.222. The quantitative estimate of drug-likeness (QED) is 0.526. The van der Waals surface area contributed by atoms with Crippen molar-refractivity contribution in [1.82, 2.24) is 5.43 Å². The zero-order valence-corrected chi connectivity index (χ0v) is 15.4. The molecular formula is C18H19Cl2N3O2. The van der Waals surface area contributed by atoms with Crippen LogP contribution in [0, 0.1) is 0 Å². The van der Waals surface area contributed by atoms with E-state index < -0.39 is 6.03 Å². The van der Waals surface area contributed by atoms with Crippen molar-refractivity contribution in [2.45, 2.75) is 26.4 Å². The molecule has 132 valence electrons. The number of carbonyl (C=O) groups excluding carboxylic acids is 1. The molecule has 25 heavy (non-hydrogen) atoms. The van der Waals surface area contributed by atoms with Gasteiger partial charge in [0, 0.05) is 0 Å². The summed E-state index contributed by atoms with van der Waals surface area (Å²) in [6.07, 6.45) is 2.47. The average Bonchev–Trinajstić information content (AvgIpc) is 2.59. The summed E-state index contributed by atoms with van der Waals surface area (Å²) < 4.78 is 5.70. The second-order valence-electron chi connectivity index (χ2n) is 5.33. The Balaban J connectivity index is 1.92. The number of nitrogens with zero attached hydrogens (tertiary/aromatic N) is 1. The van der Waals surface area contributed by atoms with Gasteiger partial charge in [-0.05, 0) is 49.2 Å². The molecule has 0 aliphatic rings. The van der Waals surface area contributed by atoms with E-state index in [9.17, 15) is 4.79 Å². The number of benzene rings is 2. The number of hydrazone groups is 1. The first kappa shape index (κ1) is 19.1. The van der Waals surface area contributed by atoms with Gasteiger partial charge in [0.05, 0.1) is 28.1 Å². The van der Waals surface area contributed by atoms with E-state index in [1.54, 1.807) is 42.5 Å². The van der Waals surface area contributed by atoms with E-state index in [1.807, 2.05) is 13.8 Å². The number of anilines is 1. The molecule has 2 aromatic carbocycles. The summed E-state index contributed by atoms with van der Waals surface area (Å²) in [6.45, 7) is 4.02. The van der Waals surface area contributed by atoms with E-state index in [0.29, 0.717) is 21.5 Å². The SMILES string of the molecule is CC[C@@H](C)Oc1ccc(/C=N/NC(=O)Nc2ccccc2Cl)cc1Cl. The first-order valence-electron chi connectivity index (χ1n) is 7.80. The maximum Gasteiger partial charge on any atom is 0.339 e. The number of hydrogen-bond acceptors (Lipinski definition) is 3. The van der Waals surface area contributed by atoms with E-state index in [4.69, 9.17) is 27.9 Å². The minimum absolute atomic E-state index is 0.0900. The maximum absolute atomic E-state index is 11.8. The summed E-state index contributed by atoms with van der Waals surface area (Å²) >= 11 is 12.2. The highest BCUT2D eigenvalue weighted by molar-refractivity contribution is 6.33. The highest BCUT2D eigenvalue weighted by Gasteiger charge is 2.06. The minimum Gasteiger partial charge on any atom is -0.489 e. The molecule has 0 spiro atoms. The zero-order chi connectivity index (χ0) is 18.2. The number of carbonyl (C=O) groups is 1. The molecule has 0 aromatic heterocycles. The Labute approximate surface area is 157 Å². The molecule has 2 N–H and O–H groups in total. The van der Waals surface area contributed by atoms with E-state index in [2.05, 4.69) is 15.8 Å². The highest BCUT2D eigenvalue weighted by atomic mass is 35.5. The molecule has 0 radical (unpaired) electrons. The predicted octanol–water partition coefficient (Wildman–Crippen LogP) is 5.33. The molecule has 2 rings (SSSR count). The Morgan fingerprint density at radius 3 is 2.68 bits per heavy atom. The van der Waals surface area contributed by atoms with Gasteiger partial charge in [-0.25, -0.2) is 10.2 Å². The normalized spacial score (nSPS) is 12.0. The molecular weight excluding hydrogens is 361 g/mol. The molecule has 0 fully saturated rings. The van der Waals surface area contributed by atoms with Crippen LogP contribution in [-0.4, -0.2) is 18.3 Å². The summed E-state index contributed by atoms with van der Waals surface area (Å²) in [5, 5.41) is 7.43. The Hall–Kier alpha value is -2.24. The van der Waals surface area contributed by atoms with Crippen molar-refractivity contribution in [2.24, 2.45) is 5.10 Å². The topological polar surface area (TPSA) is 62.7 Å². The minimum atomic E-state index is -0.493. The molecule has 2 aromatic rings. The van der Waals surface area contributed by atoms with Crippen molar-refractivity contribution in [2.75, 3.05) is 5.32 Å². The van der Waals surface area contributed by atoms with Crippen molar-refractivity contribution < 1.29 is 9.53 Å². The van der Waals surface area contributed by atoms with Gasteiger partial charge in [-0.3, -0.25) is 0 Å². The van der Waals surface area contributed by atoms with Gasteiger partial charge in [0.1, 0.15) is 5.75 Å². The van der Waals surface area contributed by atoms with Crippen molar-refractivity contribution in [1.29, 1.82) is 0 Å². The van der Waals surface area contributed by atoms with Gasteiger partial charge in [-0.15, -0.1) is 0 Å². The Morgan fingerprint density at radius 1 is 1.24 bits per heavy atom. The van der Waals surface area contributed by atoms with Crippen molar-refractivity contribution in [3.05, 3.63) is 58.1 Å². The molecule has 0 heterocycles. The number of halogens is 2. The first-order chi connectivity index (χ1) is 12.0. The maximum atomic E-state index is 11.8. The van der Waals surface area contributed by atoms with Crippen LogP contribution in [0.15, 0.2) is 47.6 Å². The van der Waals surface area contributed by atoms with Crippen LogP contribution in [0.5, 0.6) is 5.75 Å². The summed E-state index contributed by atoms with van der Waals surface area (Å²) in [4.78, 5) is 11.8. The molecule has 7 heteroatoms. The molecule has 0 unspecified atom stereocenters. The molecule has 0 aliphatic carbocycles. The third-order valence-electron chi connectivity index (χ3n) is 3.36. The predicted molar refractivity (Wildman–Crippen MR) is 103 cm³/mol. The summed E-state index contributed by atoms with van der Waals surface area (Å²) in [7, 11) is 0.